The second kappa shape index (κ2) is 5.44. The van der Waals surface area contributed by atoms with Gasteiger partial charge in [-0.25, -0.2) is 0 Å². The summed E-state index contributed by atoms with van der Waals surface area (Å²) in [5, 5.41) is 10.4. The van der Waals surface area contributed by atoms with E-state index in [0.717, 1.165) is 24.2 Å². The summed E-state index contributed by atoms with van der Waals surface area (Å²) in [4.78, 5) is 14.0. The molecule has 0 aliphatic carbocycles. The van der Waals surface area contributed by atoms with Crippen LogP contribution < -0.4 is 4.74 Å². The lowest BCUT2D eigenvalue weighted by molar-refractivity contribution is -0.140. The number of amides is 1. The Hall–Kier alpha value is -1.55. The molecule has 2 saturated heterocycles. The van der Waals surface area contributed by atoms with Gasteiger partial charge in [0.2, 0.25) is 5.91 Å². The Labute approximate surface area is 119 Å². The summed E-state index contributed by atoms with van der Waals surface area (Å²) >= 11 is 0. The van der Waals surface area contributed by atoms with Gasteiger partial charge in [0, 0.05) is 24.9 Å². The van der Waals surface area contributed by atoms with Gasteiger partial charge in [0.15, 0.2) is 0 Å². The average Bonchev–Trinajstić information content (AvgIpc) is 2.47. The van der Waals surface area contributed by atoms with Gasteiger partial charge in [-0.15, -0.1) is 0 Å². The zero-order valence-corrected chi connectivity index (χ0v) is 11.8. The second-order valence-corrected chi connectivity index (χ2v) is 5.77. The fourth-order valence-corrected chi connectivity index (χ4v) is 3.44. The molecule has 0 unspecified atom stereocenters. The summed E-state index contributed by atoms with van der Waals surface area (Å²) in [6, 6.07) is 8.03. The van der Waals surface area contributed by atoms with Crippen molar-refractivity contribution in [2.24, 2.45) is 0 Å². The lowest BCUT2D eigenvalue weighted by Gasteiger charge is -2.45. The maximum absolute atomic E-state index is 12.0. The Morgan fingerprint density at radius 1 is 1.30 bits per heavy atom. The topological polar surface area (TPSA) is 49.8 Å². The van der Waals surface area contributed by atoms with Crippen LogP contribution in [0.3, 0.4) is 0 Å². The lowest BCUT2D eigenvalue weighted by atomic mass is 9.81. The quantitative estimate of drug-likeness (QED) is 0.897. The number of methoxy groups -OCH3 is 1. The molecule has 108 valence electrons. The number of hydrogen-bond acceptors (Lipinski definition) is 3. The molecule has 4 nitrogen and oxygen atoms in total. The lowest BCUT2D eigenvalue weighted by Crippen LogP contribution is -2.53. The first-order valence-electron chi connectivity index (χ1n) is 7.30. The Bertz CT molecular complexity index is 485. The van der Waals surface area contributed by atoms with E-state index in [1.807, 2.05) is 29.2 Å². The number of benzene rings is 1. The first-order chi connectivity index (χ1) is 9.69. The number of nitrogens with zero attached hydrogens (tertiary/aromatic N) is 1. The van der Waals surface area contributed by atoms with Crippen molar-refractivity contribution in [1.82, 2.24) is 4.90 Å². The largest absolute Gasteiger partial charge is 0.497 e. The third kappa shape index (κ3) is 2.40. The molecule has 2 heterocycles. The van der Waals surface area contributed by atoms with E-state index >= 15 is 0 Å². The molecule has 4 heteroatoms. The van der Waals surface area contributed by atoms with Gasteiger partial charge in [0.25, 0.3) is 0 Å². The van der Waals surface area contributed by atoms with Gasteiger partial charge in [-0.05, 0) is 37.0 Å². The maximum Gasteiger partial charge on any atom is 0.222 e. The fourth-order valence-electron chi connectivity index (χ4n) is 3.44. The summed E-state index contributed by atoms with van der Waals surface area (Å²) in [5.74, 6) is 1.07. The number of carbonyl (C=O) groups excluding carboxylic acids is 1. The highest BCUT2D eigenvalue weighted by molar-refractivity contribution is 5.77. The van der Waals surface area contributed by atoms with Gasteiger partial charge in [-0.2, -0.15) is 0 Å². The number of piperidine rings is 2. The zero-order valence-electron chi connectivity index (χ0n) is 11.8. The monoisotopic (exact) mass is 275 g/mol. The molecule has 0 aromatic heterocycles. The van der Waals surface area contributed by atoms with Crippen molar-refractivity contribution in [3.8, 4) is 5.75 Å². The number of carbonyl (C=O) groups is 1. The number of fused-ring (bicyclic) bond motifs is 1. The van der Waals surface area contributed by atoms with Crippen LogP contribution in [0.5, 0.6) is 5.75 Å². The zero-order chi connectivity index (χ0) is 14.1. The Balaban J connectivity index is 1.80. The summed E-state index contributed by atoms with van der Waals surface area (Å²) in [6.07, 6.45) is 2.97. The van der Waals surface area contributed by atoms with Crippen molar-refractivity contribution in [2.45, 2.75) is 43.7 Å². The van der Waals surface area contributed by atoms with Gasteiger partial charge in [0.05, 0.1) is 13.2 Å². The van der Waals surface area contributed by atoms with Crippen LogP contribution in [0.25, 0.3) is 0 Å². The summed E-state index contributed by atoms with van der Waals surface area (Å²) in [7, 11) is 1.64. The fraction of sp³-hybridized carbons (Fsp3) is 0.562. The summed E-state index contributed by atoms with van der Waals surface area (Å²) in [5.41, 5.74) is 1.08. The smallest absolute Gasteiger partial charge is 0.222 e. The van der Waals surface area contributed by atoms with Gasteiger partial charge in [0.1, 0.15) is 5.75 Å². The predicted octanol–water partition coefficient (Wildman–Crippen LogP) is 1.92. The molecule has 20 heavy (non-hydrogen) atoms. The molecule has 2 aliphatic heterocycles. The van der Waals surface area contributed by atoms with Crippen LogP contribution in [0, 0.1) is 0 Å². The van der Waals surface area contributed by atoms with Gasteiger partial charge in [-0.3, -0.25) is 4.79 Å². The molecule has 1 aromatic rings. The van der Waals surface area contributed by atoms with Crippen LogP contribution >= 0.6 is 0 Å². The van der Waals surface area contributed by atoms with Crippen molar-refractivity contribution in [3.63, 3.8) is 0 Å². The highest BCUT2D eigenvalue weighted by Crippen LogP contribution is 2.35. The van der Waals surface area contributed by atoms with Crippen LogP contribution in [0.4, 0.5) is 0 Å². The molecule has 0 bridgehead atoms. The minimum absolute atomic E-state index is 0.0132. The van der Waals surface area contributed by atoms with Crippen molar-refractivity contribution >= 4 is 5.91 Å². The molecule has 0 spiro atoms. The van der Waals surface area contributed by atoms with Crippen LogP contribution in [0.2, 0.25) is 0 Å². The van der Waals surface area contributed by atoms with Gasteiger partial charge >= 0.3 is 0 Å². The highest BCUT2D eigenvalue weighted by atomic mass is 16.5. The first kappa shape index (κ1) is 13.4. The summed E-state index contributed by atoms with van der Waals surface area (Å²) in [6.45, 7) is 0.636. The summed E-state index contributed by atoms with van der Waals surface area (Å²) < 4.78 is 5.16. The highest BCUT2D eigenvalue weighted by Gasteiger charge is 2.39. The normalized spacial score (nSPS) is 30.0. The number of ether oxygens (including phenoxy) is 1. The van der Waals surface area contributed by atoms with E-state index in [0.29, 0.717) is 19.4 Å². The van der Waals surface area contributed by atoms with Crippen LogP contribution in [0.15, 0.2) is 24.3 Å². The molecule has 1 amide bonds. The van der Waals surface area contributed by atoms with Gasteiger partial charge < -0.3 is 14.7 Å². The van der Waals surface area contributed by atoms with E-state index in [9.17, 15) is 9.90 Å². The number of hydrogen-bond donors (Lipinski definition) is 1. The van der Waals surface area contributed by atoms with E-state index in [1.165, 1.54) is 0 Å². The molecule has 3 rings (SSSR count). The van der Waals surface area contributed by atoms with Crippen molar-refractivity contribution in [3.05, 3.63) is 29.8 Å². The van der Waals surface area contributed by atoms with E-state index < -0.39 is 0 Å². The first-order valence-corrected chi connectivity index (χ1v) is 7.30. The molecular formula is C16H21NO3. The minimum Gasteiger partial charge on any atom is -0.497 e. The minimum atomic E-state index is -0.365. The molecule has 3 atom stereocenters. The van der Waals surface area contributed by atoms with Crippen molar-refractivity contribution in [1.29, 1.82) is 0 Å². The molecular weight excluding hydrogens is 254 g/mol. The molecule has 2 fully saturated rings. The number of aliphatic hydroxyl groups excluding tert-OH is 1. The molecule has 0 saturated carbocycles. The Kier molecular flexibility index (Phi) is 3.66. The number of aliphatic hydroxyl groups is 1. The molecule has 1 N–H and O–H groups in total. The van der Waals surface area contributed by atoms with Crippen molar-refractivity contribution < 1.29 is 14.6 Å². The van der Waals surface area contributed by atoms with E-state index in [2.05, 4.69) is 0 Å². The Morgan fingerprint density at radius 2 is 2.05 bits per heavy atom. The maximum atomic E-state index is 12.0. The standard InChI is InChI=1S/C16H21NO3/c1-20-13-7-5-11(6-8-13)14-10-17-12(9-15(14)18)3-2-4-16(17)19/h5-8,12,14-15,18H,2-4,9-10H2,1H3/t12-,14-,15-/m0/s1. The van der Waals surface area contributed by atoms with E-state index in [-0.39, 0.29) is 24.0 Å². The third-order valence-corrected chi connectivity index (χ3v) is 4.60. The molecule has 0 radical (unpaired) electrons. The average molecular weight is 275 g/mol. The van der Waals surface area contributed by atoms with Crippen molar-refractivity contribution in [2.75, 3.05) is 13.7 Å². The predicted molar refractivity (Wildman–Crippen MR) is 75.7 cm³/mol. The molecule has 1 aromatic carbocycles. The SMILES string of the molecule is COc1ccc([C@@H]2CN3C(=O)CCC[C@H]3C[C@@H]2O)cc1. The van der Waals surface area contributed by atoms with Crippen LogP contribution in [-0.2, 0) is 4.79 Å². The third-order valence-electron chi connectivity index (χ3n) is 4.60. The second-order valence-electron chi connectivity index (χ2n) is 5.77. The van der Waals surface area contributed by atoms with Crippen LogP contribution in [-0.4, -0.2) is 41.7 Å². The van der Waals surface area contributed by atoms with E-state index in [1.54, 1.807) is 7.11 Å². The Morgan fingerprint density at radius 3 is 2.75 bits per heavy atom. The molecule has 2 aliphatic rings. The van der Waals surface area contributed by atoms with Crippen LogP contribution in [0.1, 0.15) is 37.2 Å². The van der Waals surface area contributed by atoms with Gasteiger partial charge in [-0.1, -0.05) is 12.1 Å². The number of rotatable bonds is 2. The van der Waals surface area contributed by atoms with E-state index in [4.69, 9.17) is 4.74 Å².